The lowest BCUT2D eigenvalue weighted by Gasteiger charge is -2.01. The fourth-order valence-electron chi connectivity index (χ4n) is 1.69. The van der Waals surface area contributed by atoms with Crippen LogP contribution in [0.4, 0.5) is 8.78 Å². The van der Waals surface area contributed by atoms with Gasteiger partial charge in [0.1, 0.15) is 11.6 Å². The number of hydrogen-bond donors (Lipinski definition) is 0. The molecule has 1 nitrogen and oxygen atoms in total. The minimum Gasteiger partial charge on any atom is -0.265 e. The van der Waals surface area contributed by atoms with Crippen LogP contribution in [0.2, 0.25) is 0 Å². The van der Waals surface area contributed by atoms with E-state index < -0.39 is 0 Å². The Morgan fingerprint density at radius 1 is 1.07 bits per heavy atom. The standard InChI is InChI=1S/C13H16FNS.C11H13F.C2H6/c1-3-9-15-12(4-2)10-16-13-7-5-11(14)6-8-13;1-4-10(5-2)8-7-9-11(12)6-3;1-2/h4-9H,3,10H2,1-2H3;4-9H,1,3H2,2H3;1-2H3/b12-4-,15-9?;8-7+,10-5+,11-9+;. The minimum atomic E-state index is -0.342. The lowest BCUT2D eigenvalue weighted by molar-refractivity contribution is 0.626. The molecular formula is C26H35F2NS. The first-order valence-electron chi connectivity index (χ1n) is 10.0. The summed E-state index contributed by atoms with van der Waals surface area (Å²) in [6.45, 7) is 16.8. The second-order valence-corrected chi connectivity index (χ2v) is 6.40. The Morgan fingerprint density at radius 2 is 1.70 bits per heavy atom. The molecule has 4 heteroatoms. The van der Waals surface area contributed by atoms with Crippen LogP contribution in [0.5, 0.6) is 0 Å². The fraction of sp³-hybridized carbons (Fsp3) is 0.269. The molecule has 0 amide bonds. The van der Waals surface area contributed by atoms with Crippen LogP contribution in [-0.2, 0) is 0 Å². The van der Waals surface area contributed by atoms with Crippen molar-refractivity contribution in [3.8, 4) is 0 Å². The van der Waals surface area contributed by atoms with Crippen LogP contribution >= 0.6 is 11.8 Å². The Kier molecular flexibility index (Phi) is 21.1. The van der Waals surface area contributed by atoms with E-state index in [4.69, 9.17) is 0 Å². The molecule has 0 fully saturated rings. The zero-order valence-corrected chi connectivity index (χ0v) is 19.7. The quantitative estimate of drug-likeness (QED) is 0.216. The number of hydrogen-bond acceptors (Lipinski definition) is 2. The fourth-order valence-corrected chi connectivity index (χ4v) is 2.58. The summed E-state index contributed by atoms with van der Waals surface area (Å²) in [4.78, 5) is 5.40. The second kappa shape index (κ2) is 21.3. The van der Waals surface area contributed by atoms with Crippen molar-refractivity contribution in [1.82, 2.24) is 0 Å². The Morgan fingerprint density at radius 3 is 2.17 bits per heavy atom. The Labute approximate surface area is 186 Å². The van der Waals surface area contributed by atoms with Crippen molar-refractivity contribution in [3.05, 3.63) is 103 Å². The summed E-state index contributed by atoms with van der Waals surface area (Å²) < 4.78 is 25.1. The number of thioether (sulfide) groups is 1. The highest BCUT2D eigenvalue weighted by molar-refractivity contribution is 7.99. The van der Waals surface area contributed by atoms with E-state index in [1.54, 1.807) is 42.1 Å². The molecule has 0 saturated carbocycles. The molecular weight excluding hydrogens is 396 g/mol. The van der Waals surface area contributed by atoms with Crippen LogP contribution in [0.25, 0.3) is 0 Å². The van der Waals surface area contributed by atoms with Gasteiger partial charge >= 0.3 is 0 Å². The second-order valence-electron chi connectivity index (χ2n) is 5.35. The van der Waals surface area contributed by atoms with E-state index in [-0.39, 0.29) is 11.6 Å². The summed E-state index contributed by atoms with van der Waals surface area (Å²) in [5, 5.41) is 0. The molecule has 0 heterocycles. The SMILES string of the molecule is C/C=C(/CSc1ccc(F)cc1)N=CCC.C=C\C(F)=C/C=C/C(C=C)=C/C.CC. The number of nitrogens with zero attached hydrogens (tertiary/aromatic N) is 1. The molecule has 0 atom stereocenters. The third-order valence-electron chi connectivity index (χ3n) is 3.28. The maximum Gasteiger partial charge on any atom is 0.123 e. The maximum atomic E-state index is 12.7. The first kappa shape index (κ1) is 29.7. The van der Waals surface area contributed by atoms with Crippen LogP contribution in [0.15, 0.2) is 107 Å². The van der Waals surface area contributed by atoms with Gasteiger partial charge in [0.05, 0.1) is 0 Å². The van der Waals surface area contributed by atoms with Gasteiger partial charge < -0.3 is 0 Å². The first-order chi connectivity index (χ1) is 14.5. The molecule has 30 heavy (non-hydrogen) atoms. The van der Waals surface area contributed by atoms with Crippen LogP contribution < -0.4 is 0 Å². The van der Waals surface area contributed by atoms with Crippen LogP contribution in [0.1, 0.15) is 41.0 Å². The normalized spacial score (nSPS) is 12.2. The summed E-state index contributed by atoms with van der Waals surface area (Å²) in [6, 6.07) is 6.54. The zero-order valence-electron chi connectivity index (χ0n) is 18.9. The molecule has 0 radical (unpaired) electrons. The molecule has 0 aliphatic carbocycles. The minimum absolute atomic E-state index is 0.195. The number of rotatable bonds is 9. The first-order valence-corrected chi connectivity index (χ1v) is 11.0. The molecule has 1 aromatic carbocycles. The number of aliphatic imine (C=N–C) groups is 1. The van der Waals surface area contributed by atoms with Crippen LogP contribution in [0.3, 0.4) is 0 Å². The van der Waals surface area contributed by atoms with Gasteiger partial charge in [-0.05, 0) is 62.3 Å². The molecule has 164 valence electrons. The monoisotopic (exact) mass is 431 g/mol. The number of benzene rings is 1. The molecule has 0 spiro atoms. The molecule has 0 unspecified atom stereocenters. The van der Waals surface area contributed by atoms with Crippen molar-refractivity contribution in [1.29, 1.82) is 0 Å². The molecule has 1 aromatic rings. The van der Waals surface area contributed by atoms with Crippen molar-refractivity contribution < 1.29 is 8.78 Å². The summed E-state index contributed by atoms with van der Waals surface area (Å²) >= 11 is 1.66. The number of allylic oxidation sites excluding steroid dienone is 9. The maximum absolute atomic E-state index is 12.7. The van der Waals surface area contributed by atoms with E-state index in [1.165, 1.54) is 18.2 Å². The van der Waals surface area contributed by atoms with E-state index in [1.807, 2.05) is 46.1 Å². The van der Waals surface area contributed by atoms with Crippen molar-refractivity contribution >= 4 is 18.0 Å². The van der Waals surface area contributed by atoms with Gasteiger partial charge in [0.15, 0.2) is 0 Å². The van der Waals surface area contributed by atoms with Gasteiger partial charge in [-0.25, -0.2) is 8.78 Å². The topological polar surface area (TPSA) is 12.4 Å². The van der Waals surface area contributed by atoms with Gasteiger partial charge in [0.2, 0.25) is 0 Å². The Bertz CT molecular complexity index is 739. The van der Waals surface area contributed by atoms with Gasteiger partial charge in [0.25, 0.3) is 0 Å². The molecule has 0 saturated heterocycles. The molecule has 0 aliphatic heterocycles. The lowest BCUT2D eigenvalue weighted by Crippen LogP contribution is -1.85. The van der Waals surface area contributed by atoms with Gasteiger partial charge in [-0.15, -0.1) is 11.8 Å². The van der Waals surface area contributed by atoms with Crippen molar-refractivity contribution in [3.63, 3.8) is 0 Å². The highest BCUT2D eigenvalue weighted by Crippen LogP contribution is 2.21. The highest BCUT2D eigenvalue weighted by Gasteiger charge is 1.97. The van der Waals surface area contributed by atoms with E-state index in [9.17, 15) is 8.78 Å². The lowest BCUT2D eigenvalue weighted by atomic mass is 10.2. The van der Waals surface area contributed by atoms with Gasteiger partial charge in [-0.2, -0.15) is 0 Å². The van der Waals surface area contributed by atoms with Crippen molar-refractivity contribution in [2.24, 2.45) is 4.99 Å². The summed E-state index contributed by atoms with van der Waals surface area (Å²) in [6.07, 6.45) is 14.3. The molecule has 0 aromatic heterocycles. The third-order valence-corrected chi connectivity index (χ3v) is 4.33. The highest BCUT2D eigenvalue weighted by atomic mass is 32.2. The van der Waals surface area contributed by atoms with Gasteiger partial charge in [-0.1, -0.05) is 64.3 Å². The van der Waals surface area contributed by atoms with Gasteiger partial charge in [0, 0.05) is 22.6 Å². The van der Waals surface area contributed by atoms with E-state index >= 15 is 0 Å². The van der Waals surface area contributed by atoms with E-state index in [0.717, 1.165) is 34.4 Å². The van der Waals surface area contributed by atoms with Gasteiger partial charge in [-0.3, -0.25) is 4.99 Å². The predicted octanol–water partition coefficient (Wildman–Crippen LogP) is 9.04. The molecule has 0 bridgehead atoms. The van der Waals surface area contributed by atoms with Crippen molar-refractivity contribution in [2.45, 2.75) is 45.9 Å². The zero-order chi connectivity index (χ0) is 23.2. The van der Waals surface area contributed by atoms with E-state index in [0.29, 0.717) is 0 Å². The Balaban J connectivity index is 0. The molecule has 0 aliphatic rings. The summed E-state index contributed by atoms with van der Waals surface area (Å²) in [5.41, 5.74) is 2.01. The molecule has 0 N–H and O–H groups in total. The average molecular weight is 432 g/mol. The average Bonchev–Trinajstić information content (AvgIpc) is 2.79. The van der Waals surface area contributed by atoms with Crippen LogP contribution in [0, 0.1) is 5.82 Å². The summed E-state index contributed by atoms with van der Waals surface area (Å²) in [5.74, 6) is 0.281. The Hall–Kier alpha value is -2.46. The number of halogens is 2. The largest absolute Gasteiger partial charge is 0.265 e. The molecule has 1 rings (SSSR count). The summed E-state index contributed by atoms with van der Waals surface area (Å²) in [7, 11) is 0. The third kappa shape index (κ3) is 16.5. The van der Waals surface area contributed by atoms with E-state index in [2.05, 4.69) is 25.1 Å². The smallest absolute Gasteiger partial charge is 0.123 e. The van der Waals surface area contributed by atoms with Crippen LogP contribution in [-0.4, -0.2) is 12.0 Å². The van der Waals surface area contributed by atoms with Crippen molar-refractivity contribution in [2.75, 3.05) is 5.75 Å². The predicted molar refractivity (Wildman–Crippen MR) is 133 cm³/mol.